The minimum absolute atomic E-state index is 1.58. The van der Waals surface area contributed by atoms with Gasteiger partial charge in [0, 0.05) is 0 Å². The van der Waals surface area contributed by atoms with Crippen molar-refractivity contribution in [3.63, 3.8) is 0 Å². The molecule has 1 unspecified atom stereocenters. The summed E-state index contributed by atoms with van der Waals surface area (Å²) >= 11 is 0. The fraction of sp³-hybridized carbons (Fsp3) is 0.667. The second-order valence-corrected chi connectivity index (χ2v) is 5.19. The molecule has 0 aliphatic rings. The van der Waals surface area contributed by atoms with E-state index in [2.05, 4.69) is 0 Å². The molecule has 0 aliphatic heterocycles. The molecular weight excluding hydrogens is 228 g/mol. The van der Waals surface area contributed by atoms with Crippen LogP contribution in [0.1, 0.15) is 0 Å². The number of hydrogen-bond acceptors (Lipinski definition) is 5. The molecule has 0 fully saturated rings. The Balaban J connectivity index is 5.00. The lowest BCUT2D eigenvalue weighted by atomic mass is 10.5. The highest BCUT2D eigenvalue weighted by Crippen LogP contribution is 2.02. The Morgan fingerprint density at radius 3 is 1.62 bits per heavy atom. The summed E-state index contributed by atoms with van der Waals surface area (Å²) in [4.78, 5) is 10.1. The van der Waals surface area contributed by atoms with E-state index in [4.69, 9.17) is 14.2 Å². The Morgan fingerprint density at radius 2 is 1.54 bits per heavy atom. The summed E-state index contributed by atoms with van der Waals surface area (Å²) in [5, 5.41) is 5.59. The molecule has 10 heteroatoms. The first kappa shape index (κ1) is 12.3. The Morgan fingerprint density at radius 1 is 1.15 bits per heavy atom. The molecule has 1 atom stereocenters. The molecule has 0 aromatic heterocycles. The molecule has 0 amide bonds. The van der Waals surface area contributed by atoms with Gasteiger partial charge in [0.1, 0.15) is 5.75 Å². The molecule has 78 valence electrons. The molecule has 13 heavy (non-hydrogen) atoms. The van der Waals surface area contributed by atoms with Crippen molar-refractivity contribution in [2.24, 2.45) is 0 Å². The predicted octanol–water partition coefficient (Wildman–Crippen LogP) is -1.78. The first-order valence-corrected chi connectivity index (χ1v) is 5.79. The second-order valence-electron chi connectivity index (χ2n) is 2.09. The van der Waals surface area contributed by atoms with Crippen LogP contribution in [-0.4, -0.2) is 48.0 Å². The smallest absolute Gasteiger partial charge is 0.325 e. The van der Waals surface area contributed by atoms with Crippen molar-refractivity contribution in [2.45, 2.75) is 5.25 Å². The van der Waals surface area contributed by atoms with Gasteiger partial charge in [-0.1, -0.05) is 0 Å². The highest BCUT2D eigenvalue weighted by Gasteiger charge is 2.35. The van der Waals surface area contributed by atoms with Gasteiger partial charge in [0.2, 0.25) is 0 Å². The van der Waals surface area contributed by atoms with Gasteiger partial charge in [0.25, 0.3) is 20.2 Å². The third kappa shape index (κ3) is 4.77. The number of rotatable bonds is 4. The molecular formula is C3H6O8S2. The van der Waals surface area contributed by atoms with Crippen LogP contribution in [0.2, 0.25) is 0 Å². The number of carboxylic acids is 1. The minimum atomic E-state index is -5.04. The van der Waals surface area contributed by atoms with E-state index in [0.29, 0.717) is 0 Å². The van der Waals surface area contributed by atoms with Gasteiger partial charge in [-0.3, -0.25) is 13.9 Å². The summed E-state index contributed by atoms with van der Waals surface area (Å²) in [5.41, 5.74) is 0. The normalized spacial score (nSPS) is 15.2. The molecule has 0 saturated heterocycles. The number of carboxylic acid groups (broad SMARTS) is 1. The molecule has 0 radical (unpaired) electrons. The van der Waals surface area contributed by atoms with Gasteiger partial charge < -0.3 is 5.11 Å². The largest absolute Gasteiger partial charge is 0.480 e. The molecule has 0 aromatic rings. The molecule has 0 rings (SSSR count). The number of aliphatic carboxylic acids is 1. The highest BCUT2D eigenvalue weighted by molar-refractivity contribution is 7.90. The van der Waals surface area contributed by atoms with Crippen molar-refractivity contribution in [3.05, 3.63) is 0 Å². The molecule has 0 bridgehead atoms. The Kier molecular flexibility index (Phi) is 3.38. The third-order valence-corrected chi connectivity index (χ3v) is 3.05. The van der Waals surface area contributed by atoms with E-state index in [0.717, 1.165) is 0 Å². The Hall–Kier alpha value is -0.710. The summed E-state index contributed by atoms with van der Waals surface area (Å²) < 4.78 is 57.1. The number of carbonyl (C=O) groups is 1. The van der Waals surface area contributed by atoms with Crippen LogP contribution >= 0.6 is 0 Å². The van der Waals surface area contributed by atoms with E-state index < -0.39 is 37.2 Å². The standard InChI is InChI=1S/C3H6O8S2/c4-3(5)2(13(9,10)11)1-12(6,7)8/h2H,1H2,(H,4,5)(H,6,7,8)(H,9,10,11). The molecule has 8 nitrogen and oxygen atoms in total. The van der Waals surface area contributed by atoms with Gasteiger partial charge >= 0.3 is 5.97 Å². The maximum atomic E-state index is 10.2. The van der Waals surface area contributed by atoms with Crippen molar-refractivity contribution >= 4 is 26.2 Å². The fourth-order valence-electron chi connectivity index (χ4n) is 0.476. The molecule has 0 aromatic carbocycles. The zero-order chi connectivity index (χ0) is 10.9. The van der Waals surface area contributed by atoms with Crippen molar-refractivity contribution in [3.8, 4) is 0 Å². The summed E-state index contributed by atoms with van der Waals surface area (Å²) in [7, 11) is -9.81. The van der Waals surface area contributed by atoms with E-state index in [1.807, 2.05) is 0 Å². The average molecular weight is 234 g/mol. The zero-order valence-corrected chi connectivity index (χ0v) is 7.62. The Bertz CT molecular complexity index is 387. The van der Waals surface area contributed by atoms with E-state index in [-0.39, 0.29) is 0 Å². The predicted molar refractivity (Wildman–Crippen MR) is 39.4 cm³/mol. The van der Waals surface area contributed by atoms with Gasteiger partial charge in [-0.15, -0.1) is 0 Å². The topological polar surface area (TPSA) is 146 Å². The number of hydrogen-bond donors (Lipinski definition) is 3. The van der Waals surface area contributed by atoms with Crippen LogP contribution in [0.25, 0.3) is 0 Å². The first-order chi connectivity index (χ1) is 5.54. The average Bonchev–Trinajstić information content (AvgIpc) is 1.77. The molecule has 0 saturated carbocycles. The van der Waals surface area contributed by atoms with E-state index in [1.165, 1.54) is 0 Å². The fourth-order valence-corrected chi connectivity index (χ4v) is 2.46. The van der Waals surface area contributed by atoms with E-state index >= 15 is 0 Å². The minimum Gasteiger partial charge on any atom is -0.480 e. The molecule has 3 N–H and O–H groups in total. The van der Waals surface area contributed by atoms with Crippen LogP contribution in [-0.2, 0) is 25.0 Å². The maximum Gasteiger partial charge on any atom is 0.325 e. The maximum absolute atomic E-state index is 10.2. The van der Waals surface area contributed by atoms with Gasteiger partial charge in [-0.05, 0) is 0 Å². The lowest BCUT2D eigenvalue weighted by Crippen LogP contribution is -2.36. The quantitative estimate of drug-likeness (QED) is 0.483. The molecule has 0 heterocycles. The van der Waals surface area contributed by atoms with Crippen molar-refractivity contribution in [2.75, 3.05) is 5.75 Å². The van der Waals surface area contributed by atoms with E-state index in [1.54, 1.807) is 0 Å². The monoisotopic (exact) mass is 234 g/mol. The SMILES string of the molecule is O=C(O)C(CS(=O)(=O)O)S(=O)(=O)O. The van der Waals surface area contributed by atoms with E-state index in [9.17, 15) is 21.6 Å². The van der Waals surface area contributed by atoms with Gasteiger partial charge in [-0.2, -0.15) is 16.8 Å². The van der Waals surface area contributed by atoms with Crippen molar-refractivity contribution in [1.82, 2.24) is 0 Å². The third-order valence-electron chi connectivity index (χ3n) is 0.997. The van der Waals surface area contributed by atoms with Crippen molar-refractivity contribution < 1.29 is 35.8 Å². The lowest BCUT2D eigenvalue weighted by molar-refractivity contribution is -0.136. The zero-order valence-electron chi connectivity index (χ0n) is 5.98. The van der Waals surface area contributed by atoms with Crippen LogP contribution in [0.15, 0.2) is 0 Å². The van der Waals surface area contributed by atoms with Crippen LogP contribution in [0, 0.1) is 0 Å². The Labute approximate surface area is 73.7 Å². The second kappa shape index (κ2) is 3.57. The van der Waals surface area contributed by atoms with Crippen LogP contribution in [0.3, 0.4) is 0 Å². The summed E-state index contributed by atoms with van der Waals surface area (Å²) in [6, 6.07) is 0. The van der Waals surface area contributed by atoms with Crippen molar-refractivity contribution in [1.29, 1.82) is 0 Å². The van der Waals surface area contributed by atoms with Gasteiger partial charge in [0.15, 0.2) is 5.25 Å². The van der Waals surface area contributed by atoms with Gasteiger partial charge in [0.05, 0.1) is 0 Å². The summed E-state index contributed by atoms with van der Waals surface area (Å²) in [6.07, 6.45) is 0. The molecule has 0 spiro atoms. The summed E-state index contributed by atoms with van der Waals surface area (Å²) in [6.45, 7) is 0. The van der Waals surface area contributed by atoms with Crippen LogP contribution in [0.4, 0.5) is 0 Å². The van der Waals surface area contributed by atoms with Gasteiger partial charge in [-0.25, -0.2) is 0 Å². The van der Waals surface area contributed by atoms with Crippen LogP contribution < -0.4 is 0 Å². The lowest BCUT2D eigenvalue weighted by Gasteiger charge is -2.05. The molecule has 0 aliphatic carbocycles. The first-order valence-electron chi connectivity index (χ1n) is 2.68. The van der Waals surface area contributed by atoms with Crippen LogP contribution in [0.5, 0.6) is 0 Å². The summed E-state index contributed by atoms with van der Waals surface area (Å²) in [5.74, 6) is -3.64. The highest BCUT2D eigenvalue weighted by atomic mass is 32.2.